The lowest BCUT2D eigenvalue weighted by molar-refractivity contribution is 0.250. The van der Waals surface area contributed by atoms with Crippen molar-refractivity contribution in [3.05, 3.63) is 0 Å². The Kier molecular flexibility index (Phi) is 3.42. The number of nitrogens with zero attached hydrogens (tertiary/aromatic N) is 1. The number of hydrogen-bond donors (Lipinski definition) is 2. The minimum absolute atomic E-state index is 0.301. The Labute approximate surface area is 86.5 Å². The third-order valence-corrected chi connectivity index (χ3v) is 3.67. The van der Waals surface area contributed by atoms with Crippen molar-refractivity contribution in [1.29, 1.82) is 0 Å². The molecule has 14 heavy (non-hydrogen) atoms. The van der Waals surface area contributed by atoms with Crippen LogP contribution in [0.15, 0.2) is 0 Å². The van der Waals surface area contributed by atoms with Gasteiger partial charge in [-0.25, -0.2) is 0 Å². The van der Waals surface area contributed by atoms with Crippen molar-refractivity contribution in [2.75, 3.05) is 19.7 Å². The molecule has 0 saturated carbocycles. The molecular weight excluding hydrogens is 176 g/mol. The summed E-state index contributed by atoms with van der Waals surface area (Å²) in [6.07, 6.45) is 4.91. The van der Waals surface area contributed by atoms with Crippen molar-refractivity contribution in [2.24, 2.45) is 0 Å². The Morgan fingerprint density at radius 1 is 1.43 bits per heavy atom. The second-order valence-electron chi connectivity index (χ2n) is 4.72. The molecule has 2 saturated heterocycles. The summed E-state index contributed by atoms with van der Waals surface area (Å²) >= 11 is 0. The summed E-state index contributed by atoms with van der Waals surface area (Å²) < 4.78 is 0. The number of hydrogen-bond acceptors (Lipinski definition) is 3. The van der Waals surface area contributed by atoms with Crippen LogP contribution in [0, 0.1) is 0 Å². The fourth-order valence-corrected chi connectivity index (χ4v) is 2.92. The Morgan fingerprint density at radius 3 is 3.07 bits per heavy atom. The summed E-state index contributed by atoms with van der Waals surface area (Å²) in [5.41, 5.74) is 0. The van der Waals surface area contributed by atoms with Crippen molar-refractivity contribution in [2.45, 2.75) is 50.7 Å². The van der Waals surface area contributed by atoms with Gasteiger partial charge in [0.1, 0.15) is 0 Å². The molecule has 0 bridgehead atoms. The van der Waals surface area contributed by atoms with E-state index in [-0.39, 0.29) is 0 Å². The quantitative estimate of drug-likeness (QED) is 0.694. The summed E-state index contributed by atoms with van der Waals surface area (Å²) in [6.45, 7) is 5.05. The molecule has 0 spiro atoms. The molecule has 2 rings (SSSR count). The zero-order chi connectivity index (χ0) is 9.97. The standard InChI is InChI=1S/C11H22N2O/c1-9(5-8-14)12-10-4-7-13-6-2-3-11(10)13/h9-12,14H,2-8H2,1H3. The third-order valence-electron chi connectivity index (χ3n) is 3.67. The molecule has 2 fully saturated rings. The van der Waals surface area contributed by atoms with Crippen molar-refractivity contribution < 1.29 is 5.11 Å². The fraction of sp³-hybridized carbons (Fsp3) is 1.00. The molecule has 3 unspecified atom stereocenters. The maximum Gasteiger partial charge on any atom is 0.0445 e. The van der Waals surface area contributed by atoms with Gasteiger partial charge in [-0.2, -0.15) is 0 Å². The molecule has 0 aromatic carbocycles. The minimum atomic E-state index is 0.301. The van der Waals surface area contributed by atoms with E-state index in [1.165, 1.54) is 32.4 Å². The van der Waals surface area contributed by atoms with Crippen LogP contribution >= 0.6 is 0 Å². The smallest absolute Gasteiger partial charge is 0.0445 e. The number of aliphatic hydroxyl groups is 1. The van der Waals surface area contributed by atoms with E-state index < -0.39 is 0 Å². The molecule has 0 aromatic rings. The summed E-state index contributed by atoms with van der Waals surface area (Å²) in [5, 5.41) is 12.5. The van der Waals surface area contributed by atoms with Crippen LogP contribution < -0.4 is 5.32 Å². The van der Waals surface area contributed by atoms with Crippen molar-refractivity contribution in [1.82, 2.24) is 10.2 Å². The molecular formula is C11H22N2O. The first-order valence-corrected chi connectivity index (χ1v) is 5.92. The fourth-order valence-electron chi connectivity index (χ4n) is 2.92. The van der Waals surface area contributed by atoms with Gasteiger partial charge in [0.05, 0.1) is 0 Å². The van der Waals surface area contributed by atoms with Crippen LogP contribution in [0.1, 0.15) is 32.6 Å². The maximum atomic E-state index is 8.85. The first-order chi connectivity index (χ1) is 6.81. The largest absolute Gasteiger partial charge is 0.396 e. The molecule has 0 amide bonds. The molecule has 82 valence electrons. The molecule has 0 radical (unpaired) electrons. The highest BCUT2D eigenvalue weighted by Gasteiger charge is 2.37. The predicted octanol–water partition coefficient (Wildman–Crippen LogP) is 0.584. The average molecular weight is 198 g/mol. The van der Waals surface area contributed by atoms with Crippen LogP contribution in [0.2, 0.25) is 0 Å². The van der Waals surface area contributed by atoms with Gasteiger partial charge in [0.2, 0.25) is 0 Å². The van der Waals surface area contributed by atoms with E-state index in [1.54, 1.807) is 0 Å². The van der Waals surface area contributed by atoms with Gasteiger partial charge in [-0.1, -0.05) is 0 Å². The van der Waals surface area contributed by atoms with Crippen LogP contribution in [0.5, 0.6) is 0 Å². The van der Waals surface area contributed by atoms with Crippen molar-refractivity contribution in [3.63, 3.8) is 0 Å². The topological polar surface area (TPSA) is 35.5 Å². The van der Waals surface area contributed by atoms with E-state index >= 15 is 0 Å². The first-order valence-electron chi connectivity index (χ1n) is 5.92. The highest BCUT2D eigenvalue weighted by Crippen LogP contribution is 2.28. The van der Waals surface area contributed by atoms with Crippen molar-refractivity contribution >= 4 is 0 Å². The SMILES string of the molecule is CC(CCO)NC1CCN2CCCC12. The van der Waals surface area contributed by atoms with Gasteiger partial charge in [0.15, 0.2) is 0 Å². The van der Waals surface area contributed by atoms with E-state index in [4.69, 9.17) is 5.11 Å². The van der Waals surface area contributed by atoms with Gasteiger partial charge in [-0.15, -0.1) is 0 Å². The Morgan fingerprint density at radius 2 is 2.29 bits per heavy atom. The lowest BCUT2D eigenvalue weighted by Crippen LogP contribution is -2.43. The number of fused-ring (bicyclic) bond motifs is 1. The summed E-state index contributed by atoms with van der Waals surface area (Å²) in [4.78, 5) is 2.61. The second kappa shape index (κ2) is 4.60. The minimum Gasteiger partial charge on any atom is -0.396 e. The van der Waals surface area contributed by atoms with Gasteiger partial charge in [0, 0.05) is 31.3 Å². The van der Waals surface area contributed by atoms with Crippen LogP contribution in [-0.4, -0.2) is 47.8 Å². The molecule has 3 nitrogen and oxygen atoms in total. The number of nitrogens with one attached hydrogen (secondary N) is 1. The highest BCUT2D eigenvalue weighted by atomic mass is 16.3. The number of aliphatic hydroxyl groups excluding tert-OH is 1. The zero-order valence-electron chi connectivity index (χ0n) is 9.08. The van der Waals surface area contributed by atoms with Gasteiger partial charge in [0.25, 0.3) is 0 Å². The van der Waals surface area contributed by atoms with Crippen LogP contribution in [0.25, 0.3) is 0 Å². The van der Waals surface area contributed by atoms with Crippen LogP contribution in [0.4, 0.5) is 0 Å². The molecule has 2 N–H and O–H groups in total. The van der Waals surface area contributed by atoms with E-state index in [2.05, 4.69) is 17.1 Å². The van der Waals surface area contributed by atoms with Gasteiger partial charge in [-0.3, -0.25) is 4.90 Å². The van der Waals surface area contributed by atoms with E-state index in [0.717, 1.165) is 12.5 Å². The van der Waals surface area contributed by atoms with Crippen LogP contribution in [-0.2, 0) is 0 Å². The predicted molar refractivity (Wildman–Crippen MR) is 57.3 cm³/mol. The first kappa shape index (κ1) is 10.4. The van der Waals surface area contributed by atoms with E-state index in [1.807, 2.05) is 0 Å². The lowest BCUT2D eigenvalue weighted by Gasteiger charge is -2.24. The van der Waals surface area contributed by atoms with Crippen molar-refractivity contribution in [3.8, 4) is 0 Å². The summed E-state index contributed by atoms with van der Waals surface area (Å²) in [5.74, 6) is 0. The summed E-state index contributed by atoms with van der Waals surface area (Å²) in [6, 6.07) is 1.93. The molecule has 3 heteroatoms. The molecule has 0 aliphatic carbocycles. The zero-order valence-corrected chi connectivity index (χ0v) is 9.08. The molecule has 2 aliphatic heterocycles. The maximum absolute atomic E-state index is 8.85. The Balaban J connectivity index is 1.80. The van der Waals surface area contributed by atoms with Gasteiger partial charge in [-0.05, 0) is 39.2 Å². The molecule has 3 atom stereocenters. The Hall–Kier alpha value is -0.120. The molecule has 2 heterocycles. The second-order valence-corrected chi connectivity index (χ2v) is 4.72. The molecule has 2 aliphatic rings. The van der Waals surface area contributed by atoms with Crippen LogP contribution in [0.3, 0.4) is 0 Å². The summed E-state index contributed by atoms with van der Waals surface area (Å²) in [7, 11) is 0. The average Bonchev–Trinajstić information content (AvgIpc) is 2.70. The normalized spacial score (nSPS) is 34.7. The monoisotopic (exact) mass is 198 g/mol. The molecule has 0 aromatic heterocycles. The van der Waals surface area contributed by atoms with E-state index in [9.17, 15) is 0 Å². The third kappa shape index (κ3) is 2.10. The highest BCUT2D eigenvalue weighted by molar-refractivity contribution is 4.96. The number of rotatable bonds is 4. The lowest BCUT2D eigenvalue weighted by atomic mass is 10.1. The van der Waals surface area contributed by atoms with Gasteiger partial charge >= 0.3 is 0 Å². The van der Waals surface area contributed by atoms with Gasteiger partial charge < -0.3 is 10.4 Å². The van der Waals surface area contributed by atoms with E-state index in [0.29, 0.717) is 18.7 Å². The Bertz CT molecular complexity index is 186.